The Bertz CT molecular complexity index is 351. The van der Waals surface area contributed by atoms with Crippen molar-refractivity contribution in [2.45, 2.75) is 24.7 Å². The van der Waals surface area contributed by atoms with Gasteiger partial charge in [-0.3, -0.25) is 0 Å². The third kappa shape index (κ3) is 3.90. The molecule has 0 spiro atoms. The lowest BCUT2D eigenvalue weighted by atomic mass is 10.0. The highest BCUT2D eigenvalue weighted by Gasteiger charge is 2.37. The van der Waals surface area contributed by atoms with Crippen LogP contribution >= 0.6 is 0 Å². The molecule has 0 aliphatic rings. The summed E-state index contributed by atoms with van der Waals surface area (Å²) in [6.45, 7) is 0. The van der Waals surface area contributed by atoms with Gasteiger partial charge in [-0.15, -0.1) is 0 Å². The van der Waals surface area contributed by atoms with Gasteiger partial charge in [0, 0.05) is 6.42 Å². The number of rotatable bonds is 4. The Labute approximate surface area is 97.0 Å². The molecular weight excluding hydrogens is 235 g/mol. The second kappa shape index (κ2) is 5.37. The Balaban J connectivity index is 2.66. The van der Waals surface area contributed by atoms with E-state index in [0.29, 0.717) is 11.3 Å². The van der Waals surface area contributed by atoms with Crippen molar-refractivity contribution in [2.75, 3.05) is 7.11 Å². The predicted molar refractivity (Wildman–Crippen MR) is 56.6 cm³/mol. The van der Waals surface area contributed by atoms with Crippen molar-refractivity contribution in [3.63, 3.8) is 0 Å². The highest BCUT2D eigenvalue weighted by Crippen LogP contribution is 2.27. The fourth-order valence-electron chi connectivity index (χ4n) is 1.34. The zero-order chi connectivity index (χ0) is 13.1. The van der Waals surface area contributed by atoms with Crippen molar-refractivity contribution in [1.29, 1.82) is 0 Å². The van der Waals surface area contributed by atoms with Gasteiger partial charge in [0.1, 0.15) is 11.8 Å². The van der Waals surface area contributed by atoms with Crippen molar-refractivity contribution in [3.8, 4) is 5.75 Å². The van der Waals surface area contributed by atoms with Crippen LogP contribution in [0.25, 0.3) is 0 Å². The highest BCUT2D eigenvalue weighted by atomic mass is 19.4. The van der Waals surface area contributed by atoms with Crippen LogP contribution in [0.2, 0.25) is 0 Å². The van der Waals surface area contributed by atoms with Crippen LogP contribution in [0.5, 0.6) is 5.75 Å². The van der Waals surface area contributed by atoms with E-state index < -0.39 is 24.7 Å². The Morgan fingerprint density at radius 2 is 1.82 bits per heavy atom. The summed E-state index contributed by atoms with van der Waals surface area (Å²) in [4.78, 5) is 0. The van der Waals surface area contributed by atoms with Gasteiger partial charge in [0.2, 0.25) is 0 Å². The number of nitrogens with two attached hydrogens (primary N) is 1. The van der Waals surface area contributed by atoms with E-state index in [-0.39, 0.29) is 0 Å². The molecule has 0 unspecified atom stereocenters. The lowest BCUT2D eigenvalue weighted by Crippen LogP contribution is -2.38. The van der Waals surface area contributed by atoms with Gasteiger partial charge in [-0.25, -0.2) is 0 Å². The van der Waals surface area contributed by atoms with Crippen molar-refractivity contribution in [2.24, 2.45) is 5.73 Å². The summed E-state index contributed by atoms with van der Waals surface area (Å²) in [5.74, 6) is 0.570. The number of halogens is 3. The van der Waals surface area contributed by atoms with Crippen LogP contribution in [0.1, 0.15) is 18.1 Å². The number of hydrogen-bond acceptors (Lipinski definition) is 3. The van der Waals surface area contributed by atoms with E-state index in [0.717, 1.165) is 0 Å². The van der Waals surface area contributed by atoms with E-state index in [1.54, 1.807) is 12.1 Å². The van der Waals surface area contributed by atoms with Crippen molar-refractivity contribution in [1.82, 2.24) is 0 Å². The number of aliphatic hydroxyl groups is 1. The molecule has 0 fully saturated rings. The predicted octanol–water partition coefficient (Wildman–Crippen LogP) is 2.01. The van der Waals surface area contributed by atoms with Gasteiger partial charge >= 0.3 is 6.18 Å². The van der Waals surface area contributed by atoms with Crippen LogP contribution < -0.4 is 10.5 Å². The van der Waals surface area contributed by atoms with Crippen molar-refractivity contribution < 1.29 is 23.0 Å². The molecule has 2 atom stereocenters. The number of aliphatic hydroxyl groups excluding tert-OH is 1. The molecule has 3 nitrogen and oxygen atoms in total. The van der Waals surface area contributed by atoms with Gasteiger partial charge in [-0.2, -0.15) is 13.2 Å². The fourth-order valence-corrected chi connectivity index (χ4v) is 1.34. The molecule has 0 saturated carbocycles. The normalized spacial score (nSPS) is 15.4. The molecule has 0 radical (unpaired) electrons. The lowest BCUT2D eigenvalue weighted by molar-refractivity contribution is -0.153. The largest absolute Gasteiger partial charge is 0.497 e. The van der Waals surface area contributed by atoms with Crippen molar-refractivity contribution in [3.05, 3.63) is 29.8 Å². The molecule has 0 aliphatic carbocycles. The van der Waals surface area contributed by atoms with Gasteiger partial charge in [-0.1, -0.05) is 12.1 Å². The standard InChI is InChI=1S/C11H14F3NO2/c1-17-8-4-2-7(3-5-8)9(16)6-10(15)11(12,13)14/h2-5,9-10,16H,6,15H2,1H3/t9-,10-/m0/s1. The summed E-state index contributed by atoms with van der Waals surface area (Å²) in [6.07, 6.45) is -6.29. The van der Waals surface area contributed by atoms with Crippen molar-refractivity contribution >= 4 is 0 Å². The molecule has 1 rings (SSSR count). The van der Waals surface area contributed by atoms with E-state index in [1.165, 1.54) is 19.2 Å². The molecule has 0 saturated heterocycles. The number of hydrogen-bond donors (Lipinski definition) is 2. The minimum absolute atomic E-state index is 0.380. The SMILES string of the molecule is COc1ccc([C@@H](O)C[C@H](N)C(F)(F)F)cc1. The van der Waals surface area contributed by atoms with E-state index in [4.69, 9.17) is 10.5 Å². The molecule has 1 aromatic rings. The van der Waals surface area contributed by atoms with Crippen LogP contribution in [-0.4, -0.2) is 24.4 Å². The van der Waals surface area contributed by atoms with Crippen LogP contribution in [0.3, 0.4) is 0 Å². The van der Waals surface area contributed by atoms with Crippen LogP contribution in [-0.2, 0) is 0 Å². The second-order valence-electron chi connectivity index (χ2n) is 3.67. The van der Waals surface area contributed by atoms with E-state index in [1.807, 2.05) is 0 Å². The minimum atomic E-state index is -4.49. The third-order valence-electron chi connectivity index (χ3n) is 2.40. The summed E-state index contributed by atoms with van der Waals surface area (Å²) in [5, 5.41) is 9.60. The van der Waals surface area contributed by atoms with Crippen LogP contribution in [0.4, 0.5) is 13.2 Å². The second-order valence-corrected chi connectivity index (χ2v) is 3.67. The molecule has 96 valence electrons. The molecule has 0 amide bonds. The summed E-state index contributed by atoms with van der Waals surface area (Å²) in [6, 6.07) is 4.12. The molecule has 0 aliphatic heterocycles. The summed E-state index contributed by atoms with van der Waals surface area (Å²) in [5.41, 5.74) is 5.32. The lowest BCUT2D eigenvalue weighted by Gasteiger charge is -2.19. The van der Waals surface area contributed by atoms with Gasteiger partial charge in [0.25, 0.3) is 0 Å². The first-order chi connectivity index (χ1) is 7.84. The third-order valence-corrected chi connectivity index (χ3v) is 2.40. The first kappa shape index (κ1) is 13.8. The van der Waals surface area contributed by atoms with E-state index in [2.05, 4.69) is 0 Å². The Kier molecular flexibility index (Phi) is 4.36. The summed E-state index contributed by atoms with van der Waals surface area (Å²) < 4.78 is 41.5. The molecule has 6 heteroatoms. The maximum absolute atomic E-state index is 12.2. The molecule has 0 bridgehead atoms. The molecule has 3 N–H and O–H groups in total. The molecule has 1 aromatic carbocycles. The Morgan fingerprint density at radius 3 is 2.24 bits per heavy atom. The first-order valence-corrected chi connectivity index (χ1v) is 4.99. The molecular formula is C11H14F3NO2. The van der Waals surface area contributed by atoms with Gasteiger partial charge in [0.05, 0.1) is 13.2 Å². The smallest absolute Gasteiger partial charge is 0.403 e. The zero-order valence-electron chi connectivity index (χ0n) is 9.24. The average Bonchev–Trinajstić information content (AvgIpc) is 2.27. The quantitative estimate of drug-likeness (QED) is 0.858. The number of methoxy groups -OCH3 is 1. The number of ether oxygens (including phenoxy) is 1. The van der Waals surface area contributed by atoms with Crippen LogP contribution in [0.15, 0.2) is 24.3 Å². The minimum Gasteiger partial charge on any atom is -0.497 e. The Hall–Kier alpha value is -1.27. The van der Waals surface area contributed by atoms with Gasteiger partial charge in [-0.05, 0) is 17.7 Å². The maximum atomic E-state index is 12.2. The van der Waals surface area contributed by atoms with E-state index >= 15 is 0 Å². The van der Waals surface area contributed by atoms with Gasteiger partial charge in [0.15, 0.2) is 0 Å². The summed E-state index contributed by atoms with van der Waals surface area (Å²) >= 11 is 0. The van der Waals surface area contributed by atoms with Gasteiger partial charge < -0.3 is 15.6 Å². The monoisotopic (exact) mass is 249 g/mol. The fraction of sp³-hybridized carbons (Fsp3) is 0.455. The highest BCUT2D eigenvalue weighted by molar-refractivity contribution is 5.28. The number of benzene rings is 1. The molecule has 0 heterocycles. The first-order valence-electron chi connectivity index (χ1n) is 4.99. The number of alkyl halides is 3. The van der Waals surface area contributed by atoms with Crippen LogP contribution in [0, 0.1) is 0 Å². The maximum Gasteiger partial charge on any atom is 0.403 e. The molecule has 0 aromatic heterocycles. The molecule has 17 heavy (non-hydrogen) atoms. The summed E-state index contributed by atoms with van der Waals surface area (Å²) in [7, 11) is 1.48. The average molecular weight is 249 g/mol. The zero-order valence-corrected chi connectivity index (χ0v) is 9.24. The topological polar surface area (TPSA) is 55.5 Å². The van der Waals surface area contributed by atoms with E-state index in [9.17, 15) is 18.3 Å². The Morgan fingerprint density at radius 1 is 1.29 bits per heavy atom.